The molecule has 0 atom stereocenters. The summed E-state index contributed by atoms with van der Waals surface area (Å²) in [6.45, 7) is 4.23. The van der Waals surface area contributed by atoms with E-state index in [0.717, 1.165) is 27.1 Å². The number of thiophene rings is 1. The Hall–Kier alpha value is -2.54. The third-order valence-electron chi connectivity index (χ3n) is 3.93. The van der Waals surface area contributed by atoms with Gasteiger partial charge in [0.05, 0.1) is 5.39 Å². The molecule has 7 heteroatoms. The van der Waals surface area contributed by atoms with Crippen LogP contribution in [0, 0.1) is 13.8 Å². The first-order valence-electron chi connectivity index (χ1n) is 7.70. The van der Waals surface area contributed by atoms with E-state index in [4.69, 9.17) is 0 Å². The number of fused-ring (bicyclic) bond motifs is 1. The zero-order chi connectivity index (χ0) is 17.1. The molecule has 2 aromatic heterocycles. The van der Waals surface area contributed by atoms with Crippen LogP contribution < -0.4 is 10.9 Å². The van der Waals surface area contributed by atoms with Crippen molar-refractivity contribution in [1.29, 1.82) is 0 Å². The summed E-state index contributed by atoms with van der Waals surface area (Å²) in [4.78, 5) is 26.2. The topological polar surface area (TPSA) is 76.9 Å². The number of carbonyl (C=O) groups excluding carboxylic acids is 1. The number of rotatable bonds is 5. The van der Waals surface area contributed by atoms with Crippen LogP contribution >= 0.6 is 11.3 Å². The van der Waals surface area contributed by atoms with Crippen LogP contribution in [0.4, 0.5) is 0 Å². The van der Waals surface area contributed by atoms with E-state index in [1.807, 2.05) is 44.2 Å². The van der Waals surface area contributed by atoms with Gasteiger partial charge in [0.2, 0.25) is 5.91 Å². The fraction of sp³-hybridized carbons (Fsp3) is 0.294. The molecule has 124 valence electrons. The van der Waals surface area contributed by atoms with E-state index in [9.17, 15) is 9.59 Å². The van der Waals surface area contributed by atoms with Crippen molar-refractivity contribution in [3.8, 4) is 0 Å². The molecule has 1 amide bonds. The highest BCUT2D eigenvalue weighted by molar-refractivity contribution is 7.18. The van der Waals surface area contributed by atoms with E-state index in [-0.39, 0.29) is 18.0 Å². The normalized spacial score (nSPS) is 10.9. The molecule has 3 aromatic rings. The second kappa shape index (κ2) is 6.92. The highest BCUT2D eigenvalue weighted by Gasteiger charge is 2.14. The van der Waals surface area contributed by atoms with Crippen molar-refractivity contribution in [3.05, 3.63) is 56.7 Å². The lowest BCUT2D eigenvalue weighted by Crippen LogP contribution is -2.35. The Kier molecular flexibility index (Phi) is 4.71. The molecule has 0 fully saturated rings. The summed E-state index contributed by atoms with van der Waals surface area (Å²) < 4.78 is 1.12. The van der Waals surface area contributed by atoms with Crippen LogP contribution in [-0.2, 0) is 17.8 Å². The van der Waals surface area contributed by atoms with Gasteiger partial charge in [-0.3, -0.25) is 9.59 Å². The Labute approximate surface area is 143 Å². The molecule has 2 heterocycles. The SMILES string of the molecule is Cc1sc2nnn(CC(=O)NCCc3ccccc3)c(=O)c2c1C. The molecule has 0 radical (unpaired) electrons. The maximum atomic E-state index is 12.5. The van der Waals surface area contributed by atoms with Crippen LogP contribution in [0.5, 0.6) is 0 Å². The Bertz CT molecular complexity index is 931. The molecule has 6 nitrogen and oxygen atoms in total. The number of hydrogen-bond acceptors (Lipinski definition) is 5. The van der Waals surface area contributed by atoms with Gasteiger partial charge in [0.15, 0.2) is 4.83 Å². The molecular formula is C17H18N4O2S. The van der Waals surface area contributed by atoms with E-state index < -0.39 is 0 Å². The molecule has 24 heavy (non-hydrogen) atoms. The van der Waals surface area contributed by atoms with Crippen molar-refractivity contribution in [2.45, 2.75) is 26.8 Å². The fourth-order valence-electron chi connectivity index (χ4n) is 2.48. The van der Waals surface area contributed by atoms with E-state index in [2.05, 4.69) is 15.6 Å². The number of carbonyl (C=O) groups is 1. The number of hydrogen-bond donors (Lipinski definition) is 1. The first-order valence-corrected chi connectivity index (χ1v) is 8.52. The minimum Gasteiger partial charge on any atom is -0.354 e. The molecule has 0 unspecified atom stereocenters. The lowest BCUT2D eigenvalue weighted by atomic mass is 10.1. The molecule has 0 bridgehead atoms. The summed E-state index contributed by atoms with van der Waals surface area (Å²) in [5.41, 5.74) is 1.80. The largest absolute Gasteiger partial charge is 0.354 e. The zero-order valence-corrected chi connectivity index (χ0v) is 14.4. The Balaban J connectivity index is 1.66. The molecule has 0 saturated heterocycles. The predicted octanol–water partition coefficient (Wildman–Crippen LogP) is 1.83. The molecule has 0 spiro atoms. The lowest BCUT2D eigenvalue weighted by molar-refractivity contribution is -0.121. The fourth-order valence-corrected chi connectivity index (χ4v) is 3.45. The number of nitrogens with one attached hydrogen (secondary N) is 1. The highest BCUT2D eigenvalue weighted by Crippen LogP contribution is 2.24. The summed E-state index contributed by atoms with van der Waals surface area (Å²) >= 11 is 1.44. The van der Waals surface area contributed by atoms with Crippen molar-refractivity contribution in [1.82, 2.24) is 20.3 Å². The van der Waals surface area contributed by atoms with Gasteiger partial charge >= 0.3 is 0 Å². The number of aryl methyl sites for hydroxylation is 2. The number of benzene rings is 1. The van der Waals surface area contributed by atoms with Crippen molar-refractivity contribution in [2.75, 3.05) is 6.54 Å². The Morgan fingerprint density at radius 2 is 2.00 bits per heavy atom. The van der Waals surface area contributed by atoms with Gasteiger partial charge in [0, 0.05) is 11.4 Å². The Morgan fingerprint density at radius 3 is 2.75 bits per heavy atom. The Morgan fingerprint density at radius 1 is 1.25 bits per heavy atom. The summed E-state index contributed by atoms with van der Waals surface area (Å²) in [5, 5.41) is 11.3. The number of amides is 1. The lowest BCUT2D eigenvalue weighted by Gasteiger charge is -2.06. The van der Waals surface area contributed by atoms with Gasteiger partial charge in [-0.25, -0.2) is 4.68 Å². The molecule has 0 aliphatic rings. The summed E-state index contributed by atoms with van der Waals surface area (Å²) in [6.07, 6.45) is 0.745. The van der Waals surface area contributed by atoms with E-state index >= 15 is 0 Å². The second-order valence-corrected chi connectivity index (χ2v) is 6.80. The first-order chi connectivity index (χ1) is 11.6. The van der Waals surface area contributed by atoms with E-state index in [1.54, 1.807) is 0 Å². The smallest absolute Gasteiger partial charge is 0.279 e. The molecule has 0 aliphatic heterocycles. The quantitative estimate of drug-likeness (QED) is 0.767. The zero-order valence-electron chi connectivity index (χ0n) is 13.6. The van der Waals surface area contributed by atoms with Gasteiger partial charge < -0.3 is 5.32 Å². The maximum Gasteiger partial charge on any atom is 0.279 e. The van der Waals surface area contributed by atoms with Crippen LogP contribution in [0.2, 0.25) is 0 Å². The van der Waals surface area contributed by atoms with Crippen LogP contribution in [0.3, 0.4) is 0 Å². The molecule has 1 aromatic carbocycles. The maximum absolute atomic E-state index is 12.5. The van der Waals surface area contributed by atoms with Crippen molar-refractivity contribution < 1.29 is 4.79 Å². The standard InChI is InChI=1S/C17H18N4O2S/c1-11-12(2)24-16-15(11)17(23)21(20-19-16)10-14(22)18-9-8-13-6-4-3-5-7-13/h3-7H,8-10H2,1-2H3,(H,18,22). The van der Waals surface area contributed by atoms with Gasteiger partial charge in [-0.2, -0.15) is 0 Å². The minimum atomic E-state index is -0.264. The molecular weight excluding hydrogens is 324 g/mol. The molecule has 0 saturated carbocycles. The second-order valence-electron chi connectivity index (χ2n) is 5.60. The van der Waals surface area contributed by atoms with Crippen molar-refractivity contribution >= 4 is 27.5 Å². The van der Waals surface area contributed by atoms with Gasteiger partial charge in [-0.1, -0.05) is 35.5 Å². The average Bonchev–Trinajstić information content (AvgIpc) is 2.86. The predicted molar refractivity (Wildman–Crippen MR) is 94.3 cm³/mol. The van der Waals surface area contributed by atoms with Gasteiger partial charge in [0.25, 0.3) is 5.56 Å². The average molecular weight is 342 g/mol. The molecule has 0 aliphatic carbocycles. The molecule has 3 rings (SSSR count). The van der Waals surface area contributed by atoms with E-state index in [1.165, 1.54) is 11.3 Å². The first kappa shape index (κ1) is 16.3. The minimum absolute atomic E-state index is 0.120. The van der Waals surface area contributed by atoms with Crippen LogP contribution in [0.1, 0.15) is 16.0 Å². The van der Waals surface area contributed by atoms with Crippen LogP contribution in [0.25, 0.3) is 10.2 Å². The third kappa shape index (κ3) is 3.35. The van der Waals surface area contributed by atoms with E-state index in [0.29, 0.717) is 16.8 Å². The van der Waals surface area contributed by atoms with Gasteiger partial charge in [-0.15, -0.1) is 16.4 Å². The highest BCUT2D eigenvalue weighted by atomic mass is 32.1. The number of nitrogens with zero attached hydrogens (tertiary/aromatic N) is 3. The summed E-state index contributed by atoms with van der Waals surface area (Å²) in [6, 6.07) is 9.91. The van der Waals surface area contributed by atoms with Gasteiger partial charge in [-0.05, 0) is 31.4 Å². The molecule has 1 N–H and O–H groups in total. The van der Waals surface area contributed by atoms with Crippen LogP contribution in [-0.4, -0.2) is 27.4 Å². The summed E-state index contributed by atoms with van der Waals surface area (Å²) in [5.74, 6) is -0.244. The van der Waals surface area contributed by atoms with Gasteiger partial charge in [0.1, 0.15) is 6.54 Å². The third-order valence-corrected chi connectivity index (χ3v) is 5.02. The van der Waals surface area contributed by atoms with Crippen LogP contribution in [0.15, 0.2) is 35.1 Å². The van der Waals surface area contributed by atoms with Crippen molar-refractivity contribution in [3.63, 3.8) is 0 Å². The van der Waals surface area contributed by atoms with Crippen molar-refractivity contribution in [2.24, 2.45) is 0 Å². The number of aromatic nitrogens is 3. The monoisotopic (exact) mass is 342 g/mol. The summed E-state index contributed by atoms with van der Waals surface area (Å²) in [7, 11) is 0.